The van der Waals surface area contributed by atoms with E-state index in [2.05, 4.69) is 20.7 Å². The van der Waals surface area contributed by atoms with Gasteiger partial charge >= 0.3 is 0 Å². The highest BCUT2D eigenvalue weighted by molar-refractivity contribution is 9.10. The van der Waals surface area contributed by atoms with E-state index >= 15 is 0 Å². The van der Waals surface area contributed by atoms with Gasteiger partial charge in [-0.25, -0.2) is 13.1 Å². The molecule has 0 bridgehead atoms. The Balaban J connectivity index is 2.14. The van der Waals surface area contributed by atoms with E-state index < -0.39 is 10.0 Å². The first kappa shape index (κ1) is 17.0. The molecule has 0 aliphatic heterocycles. The number of rotatable bonds is 6. The summed E-state index contributed by atoms with van der Waals surface area (Å²) in [6.07, 6.45) is 0. The Hall–Kier alpha value is -1.37. The average molecular weight is 384 g/mol. The van der Waals surface area contributed by atoms with E-state index in [1.807, 2.05) is 38.1 Å². The van der Waals surface area contributed by atoms with Crippen molar-refractivity contribution in [3.8, 4) is 5.75 Å². The van der Waals surface area contributed by atoms with Crippen molar-refractivity contribution in [2.45, 2.75) is 24.8 Å². The van der Waals surface area contributed by atoms with Gasteiger partial charge in [-0.3, -0.25) is 0 Å². The zero-order valence-electron chi connectivity index (χ0n) is 12.4. The van der Waals surface area contributed by atoms with Crippen LogP contribution in [0, 0.1) is 0 Å². The maximum atomic E-state index is 12.4. The summed E-state index contributed by atoms with van der Waals surface area (Å²) in [7, 11) is -3.57. The molecule has 0 heterocycles. The molecule has 118 valence electrons. The largest absolute Gasteiger partial charge is 0.494 e. The fourth-order valence-electron chi connectivity index (χ4n) is 2.00. The first-order chi connectivity index (χ1) is 10.4. The van der Waals surface area contributed by atoms with Crippen LogP contribution in [0.2, 0.25) is 0 Å². The maximum Gasteiger partial charge on any atom is 0.241 e. The first-order valence-corrected chi connectivity index (χ1v) is 9.20. The Morgan fingerprint density at radius 2 is 1.68 bits per heavy atom. The molecule has 4 nitrogen and oxygen atoms in total. The van der Waals surface area contributed by atoms with Gasteiger partial charge in [0.05, 0.1) is 11.5 Å². The Morgan fingerprint density at radius 1 is 1.09 bits per heavy atom. The highest BCUT2D eigenvalue weighted by Crippen LogP contribution is 2.20. The van der Waals surface area contributed by atoms with Crippen LogP contribution in [0.1, 0.15) is 25.5 Å². The van der Waals surface area contributed by atoms with E-state index in [1.165, 1.54) is 0 Å². The molecule has 1 atom stereocenters. The molecule has 22 heavy (non-hydrogen) atoms. The van der Waals surface area contributed by atoms with Gasteiger partial charge in [0.1, 0.15) is 5.75 Å². The topological polar surface area (TPSA) is 55.4 Å². The molecule has 0 aliphatic rings. The molecule has 2 aromatic rings. The third kappa shape index (κ3) is 4.32. The number of hydrogen-bond donors (Lipinski definition) is 1. The van der Waals surface area contributed by atoms with Crippen LogP contribution in [0.4, 0.5) is 0 Å². The van der Waals surface area contributed by atoms with E-state index in [9.17, 15) is 8.42 Å². The average Bonchev–Trinajstić information content (AvgIpc) is 2.48. The molecule has 0 spiro atoms. The highest BCUT2D eigenvalue weighted by atomic mass is 79.9. The lowest BCUT2D eigenvalue weighted by molar-refractivity contribution is 0.340. The third-order valence-corrected chi connectivity index (χ3v) is 5.23. The quantitative estimate of drug-likeness (QED) is 0.822. The van der Waals surface area contributed by atoms with Gasteiger partial charge < -0.3 is 4.74 Å². The van der Waals surface area contributed by atoms with Gasteiger partial charge in [0.25, 0.3) is 0 Å². The lowest BCUT2D eigenvalue weighted by atomic mass is 10.1. The second-order valence-corrected chi connectivity index (χ2v) is 7.43. The summed E-state index contributed by atoms with van der Waals surface area (Å²) in [5, 5.41) is 0. The van der Waals surface area contributed by atoms with Gasteiger partial charge in [0.15, 0.2) is 0 Å². The molecule has 0 saturated heterocycles. The van der Waals surface area contributed by atoms with Gasteiger partial charge in [-0.1, -0.05) is 28.1 Å². The van der Waals surface area contributed by atoms with Crippen LogP contribution in [0.3, 0.4) is 0 Å². The van der Waals surface area contributed by atoms with Crippen LogP contribution in [-0.4, -0.2) is 15.0 Å². The molecular formula is C16H18BrNO3S. The fourth-order valence-corrected chi connectivity index (χ4v) is 3.50. The fraction of sp³-hybridized carbons (Fsp3) is 0.250. The molecule has 0 amide bonds. The van der Waals surface area contributed by atoms with Gasteiger partial charge in [-0.05, 0) is 55.8 Å². The monoisotopic (exact) mass is 383 g/mol. The van der Waals surface area contributed by atoms with Crippen LogP contribution < -0.4 is 9.46 Å². The minimum Gasteiger partial charge on any atom is -0.494 e. The lowest BCUT2D eigenvalue weighted by Crippen LogP contribution is -2.26. The normalized spacial score (nSPS) is 12.9. The van der Waals surface area contributed by atoms with E-state index in [0.29, 0.717) is 12.4 Å². The summed E-state index contributed by atoms with van der Waals surface area (Å²) in [4.78, 5) is 0.222. The van der Waals surface area contributed by atoms with Crippen LogP contribution in [-0.2, 0) is 10.0 Å². The minimum atomic E-state index is -3.57. The summed E-state index contributed by atoms with van der Waals surface area (Å²) in [5.74, 6) is 0.655. The molecule has 6 heteroatoms. The van der Waals surface area contributed by atoms with Crippen molar-refractivity contribution in [2.75, 3.05) is 6.61 Å². The summed E-state index contributed by atoms with van der Waals surface area (Å²) >= 11 is 3.36. The van der Waals surface area contributed by atoms with Gasteiger partial charge in [0, 0.05) is 10.5 Å². The molecule has 0 radical (unpaired) electrons. The maximum absolute atomic E-state index is 12.4. The Morgan fingerprint density at radius 3 is 2.23 bits per heavy atom. The van der Waals surface area contributed by atoms with Crippen molar-refractivity contribution in [1.82, 2.24) is 4.72 Å². The van der Waals surface area contributed by atoms with Crippen molar-refractivity contribution in [3.05, 3.63) is 58.6 Å². The highest BCUT2D eigenvalue weighted by Gasteiger charge is 2.18. The predicted octanol–water partition coefficient (Wildman–Crippen LogP) is 3.89. The van der Waals surface area contributed by atoms with Crippen molar-refractivity contribution >= 4 is 26.0 Å². The van der Waals surface area contributed by atoms with Crippen molar-refractivity contribution in [1.29, 1.82) is 0 Å². The smallest absolute Gasteiger partial charge is 0.241 e. The number of ether oxygens (including phenoxy) is 1. The van der Waals surface area contributed by atoms with Crippen LogP contribution in [0.15, 0.2) is 57.9 Å². The SMILES string of the molecule is CCOc1ccc(S(=O)(=O)N[C@@H](C)c2ccc(Br)cc2)cc1. The van der Waals surface area contributed by atoms with Crippen molar-refractivity contribution in [3.63, 3.8) is 0 Å². The molecular weight excluding hydrogens is 366 g/mol. The molecule has 0 fully saturated rings. The summed E-state index contributed by atoms with van der Waals surface area (Å²) in [5.41, 5.74) is 0.901. The van der Waals surface area contributed by atoms with Crippen LogP contribution >= 0.6 is 15.9 Å². The van der Waals surface area contributed by atoms with Crippen LogP contribution in [0.5, 0.6) is 5.75 Å². The standard InChI is InChI=1S/C16H18BrNO3S/c1-3-21-15-8-10-16(11-9-15)22(19,20)18-12(2)13-4-6-14(17)7-5-13/h4-12,18H,3H2,1-2H3/t12-/m0/s1. The molecule has 0 saturated carbocycles. The van der Waals surface area contributed by atoms with E-state index in [0.717, 1.165) is 10.0 Å². The van der Waals surface area contributed by atoms with Crippen molar-refractivity contribution < 1.29 is 13.2 Å². The predicted molar refractivity (Wildman–Crippen MR) is 90.5 cm³/mol. The van der Waals surface area contributed by atoms with E-state index in [1.54, 1.807) is 24.3 Å². The molecule has 0 aliphatic carbocycles. The molecule has 0 unspecified atom stereocenters. The van der Waals surface area contributed by atoms with Crippen molar-refractivity contribution in [2.24, 2.45) is 0 Å². The summed E-state index contributed by atoms with van der Waals surface area (Å²) in [6, 6.07) is 13.6. The van der Waals surface area contributed by atoms with E-state index in [4.69, 9.17) is 4.74 Å². The second kappa shape index (κ2) is 7.26. The van der Waals surface area contributed by atoms with Gasteiger partial charge in [-0.15, -0.1) is 0 Å². The molecule has 2 rings (SSSR count). The Kier molecular flexibility index (Phi) is 5.61. The van der Waals surface area contributed by atoms with E-state index in [-0.39, 0.29) is 10.9 Å². The third-order valence-electron chi connectivity index (χ3n) is 3.15. The number of sulfonamides is 1. The molecule has 2 aromatic carbocycles. The summed E-state index contributed by atoms with van der Waals surface area (Å²) < 4.78 is 33.7. The zero-order chi connectivity index (χ0) is 16.2. The Bertz CT molecular complexity index is 712. The van der Waals surface area contributed by atoms with Crippen LogP contribution in [0.25, 0.3) is 0 Å². The molecule has 0 aromatic heterocycles. The molecule has 1 N–H and O–H groups in total. The first-order valence-electron chi connectivity index (χ1n) is 6.93. The number of benzene rings is 2. The lowest BCUT2D eigenvalue weighted by Gasteiger charge is -2.15. The number of hydrogen-bond acceptors (Lipinski definition) is 3. The second-order valence-electron chi connectivity index (χ2n) is 4.80. The zero-order valence-corrected chi connectivity index (χ0v) is 14.8. The Labute approximate surface area is 139 Å². The minimum absolute atomic E-state index is 0.222. The van der Waals surface area contributed by atoms with Gasteiger partial charge in [-0.2, -0.15) is 0 Å². The summed E-state index contributed by atoms with van der Waals surface area (Å²) in [6.45, 7) is 4.24. The van der Waals surface area contributed by atoms with Gasteiger partial charge in [0.2, 0.25) is 10.0 Å². The number of nitrogens with one attached hydrogen (secondary N) is 1. The number of halogens is 1.